The summed E-state index contributed by atoms with van der Waals surface area (Å²) in [6.07, 6.45) is 2.63. The number of rotatable bonds is 5. The number of benzene rings is 1. The molecule has 24 heavy (non-hydrogen) atoms. The van der Waals surface area contributed by atoms with Gasteiger partial charge in [-0.15, -0.1) is 36.2 Å². The van der Waals surface area contributed by atoms with E-state index in [2.05, 4.69) is 15.6 Å². The van der Waals surface area contributed by atoms with E-state index in [1.54, 1.807) is 0 Å². The molecule has 1 fully saturated rings. The predicted molar refractivity (Wildman–Crippen MR) is 105 cm³/mol. The van der Waals surface area contributed by atoms with Crippen LogP contribution in [-0.2, 0) is 11.2 Å². The Morgan fingerprint density at radius 2 is 2.17 bits per heavy atom. The lowest BCUT2D eigenvalue weighted by atomic mass is 10.2. The SMILES string of the molecule is Cl.Cl.O=C(Cc1csc(-c2ccccc2Cl)n1)NCC1CCCN1. The zero-order valence-corrected chi connectivity index (χ0v) is 16.2. The van der Waals surface area contributed by atoms with Crippen LogP contribution in [0, 0.1) is 0 Å². The molecule has 132 valence electrons. The highest BCUT2D eigenvalue weighted by molar-refractivity contribution is 7.13. The van der Waals surface area contributed by atoms with Crippen molar-refractivity contribution >= 4 is 53.7 Å². The maximum absolute atomic E-state index is 12.0. The molecule has 0 radical (unpaired) electrons. The van der Waals surface area contributed by atoms with E-state index in [4.69, 9.17) is 11.6 Å². The molecule has 4 nitrogen and oxygen atoms in total. The van der Waals surface area contributed by atoms with Crippen LogP contribution in [0.1, 0.15) is 18.5 Å². The van der Waals surface area contributed by atoms with Gasteiger partial charge in [0.05, 0.1) is 17.1 Å². The summed E-state index contributed by atoms with van der Waals surface area (Å²) in [5.74, 6) is 0.0182. The van der Waals surface area contributed by atoms with Gasteiger partial charge in [-0.2, -0.15) is 0 Å². The maximum Gasteiger partial charge on any atom is 0.226 e. The lowest BCUT2D eigenvalue weighted by molar-refractivity contribution is -0.120. The molecule has 0 spiro atoms. The number of hydrogen-bond acceptors (Lipinski definition) is 4. The van der Waals surface area contributed by atoms with Crippen LogP contribution >= 0.6 is 47.8 Å². The number of halogens is 3. The van der Waals surface area contributed by atoms with Gasteiger partial charge in [0.25, 0.3) is 0 Å². The first-order valence-electron chi connectivity index (χ1n) is 7.42. The van der Waals surface area contributed by atoms with E-state index >= 15 is 0 Å². The molecule has 0 aliphatic carbocycles. The molecule has 3 rings (SSSR count). The van der Waals surface area contributed by atoms with Gasteiger partial charge in [0.2, 0.25) is 5.91 Å². The summed E-state index contributed by atoms with van der Waals surface area (Å²) in [5, 5.41) is 9.79. The summed E-state index contributed by atoms with van der Waals surface area (Å²) in [7, 11) is 0. The van der Waals surface area contributed by atoms with E-state index in [0.717, 1.165) is 29.2 Å². The van der Waals surface area contributed by atoms with E-state index < -0.39 is 0 Å². The first-order valence-corrected chi connectivity index (χ1v) is 8.67. The number of aromatic nitrogens is 1. The van der Waals surface area contributed by atoms with Crippen LogP contribution in [0.3, 0.4) is 0 Å². The van der Waals surface area contributed by atoms with Gasteiger partial charge in [0, 0.05) is 23.5 Å². The van der Waals surface area contributed by atoms with Crippen molar-refractivity contribution in [3.63, 3.8) is 0 Å². The maximum atomic E-state index is 12.0. The van der Waals surface area contributed by atoms with Gasteiger partial charge >= 0.3 is 0 Å². The smallest absolute Gasteiger partial charge is 0.226 e. The van der Waals surface area contributed by atoms with Gasteiger partial charge in [-0.1, -0.05) is 29.8 Å². The van der Waals surface area contributed by atoms with E-state index in [1.807, 2.05) is 29.6 Å². The average Bonchev–Trinajstić information content (AvgIpc) is 3.17. The first kappa shape index (κ1) is 21.2. The number of carbonyl (C=O) groups is 1. The fraction of sp³-hybridized carbons (Fsp3) is 0.375. The molecule has 1 aromatic heterocycles. The number of thiazole rings is 1. The second-order valence-corrected chi connectivity index (χ2v) is 6.66. The van der Waals surface area contributed by atoms with E-state index in [-0.39, 0.29) is 30.7 Å². The molecule has 0 saturated carbocycles. The third-order valence-electron chi connectivity index (χ3n) is 3.71. The predicted octanol–water partition coefficient (Wildman–Crippen LogP) is 3.72. The Hall–Kier alpha value is -0.850. The minimum atomic E-state index is 0. The Morgan fingerprint density at radius 3 is 2.88 bits per heavy atom. The Kier molecular flexibility index (Phi) is 9.02. The van der Waals surface area contributed by atoms with Gasteiger partial charge in [-0.25, -0.2) is 4.98 Å². The lowest BCUT2D eigenvalue weighted by Gasteiger charge is -2.10. The average molecular weight is 409 g/mol. The standard InChI is InChI=1S/C16H18ClN3OS.2ClH/c17-14-6-2-1-5-13(14)16-20-12(10-22-16)8-15(21)19-9-11-4-3-7-18-11;;/h1-2,5-6,10-11,18H,3-4,7-9H2,(H,19,21);2*1H. The van der Waals surface area contributed by atoms with E-state index in [1.165, 1.54) is 17.8 Å². The minimum Gasteiger partial charge on any atom is -0.354 e. The van der Waals surface area contributed by atoms with E-state index in [0.29, 0.717) is 24.0 Å². The minimum absolute atomic E-state index is 0. The van der Waals surface area contributed by atoms with Crippen LogP contribution < -0.4 is 10.6 Å². The highest BCUT2D eigenvalue weighted by Gasteiger charge is 2.15. The van der Waals surface area contributed by atoms with Crippen molar-refractivity contribution in [3.05, 3.63) is 40.4 Å². The van der Waals surface area contributed by atoms with Crippen LogP contribution in [0.4, 0.5) is 0 Å². The summed E-state index contributed by atoms with van der Waals surface area (Å²) < 4.78 is 0. The van der Waals surface area contributed by atoms with Crippen LogP contribution in [0.25, 0.3) is 10.6 Å². The number of nitrogens with one attached hydrogen (secondary N) is 2. The van der Waals surface area contributed by atoms with Crippen molar-refractivity contribution in [2.75, 3.05) is 13.1 Å². The summed E-state index contributed by atoms with van der Waals surface area (Å²) >= 11 is 7.69. The topological polar surface area (TPSA) is 54.0 Å². The molecule has 1 aliphatic heterocycles. The Labute approximate surface area is 163 Å². The van der Waals surface area contributed by atoms with Crippen LogP contribution in [0.15, 0.2) is 29.6 Å². The Balaban J connectivity index is 0.00000144. The van der Waals surface area contributed by atoms with Crippen LogP contribution in [0.2, 0.25) is 5.02 Å². The summed E-state index contributed by atoms with van der Waals surface area (Å²) in [6, 6.07) is 8.03. The van der Waals surface area contributed by atoms with Crippen molar-refractivity contribution in [3.8, 4) is 10.6 Å². The van der Waals surface area contributed by atoms with Crippen LogP contribution in [0.5, 0.6) is 0 Å². The number of amides is 1. The van der Waals surface area contributed by atoms with E-state index in [9.17, 15) is 4.79 Å². The largest absolute Gasteiger partial charge is 0.354 e. The molecule has 2 heterocycles. The number of hydrogen-bond donors (Lipinski definition) is 2. The molecule has 1 aliphatic rings. The van der Waals surface area contributed by atoms with Crippen molar-refractivity contribution in [1.82, 2.24) is 15.6 Å². The molecule has 1 aromatic carbocycles. The lowest BCUT2D eigenvalue weighted by Crippen LogP contribution is -2.37. The molecular weight excluding hydrogens is 389 g/mol. The summed E-state index contributed by atoms with van der Waals surface area (Å²) in [4.78, 5) is 16.5. The zero-order chi connectivity index (χ0) is 15.4. The Morgan fingerprint density at radius 1 is 1.38 bits per heavy atom. The number of carbonyl (C=O) groups excluding carboxylic acids is 1. The van der Waals surface area contributed by atoms with Crippen molar-refractivity contribution in [2.45, 2.75) is 25.3 Å². The molecule has 2 N–H and O–H groups in total. The monoisotopic (exact) mass is 407 g/mol. The second kappa shape index (κ2) is 10.2. The molecule has 0 bridgehead atoms. The highest BCUT2D eigenvalue weighted by atomic mass is 35.5. The van der Waals surface area contributed by atoms with Gasteiger partial charge in [-0.05, 0) is 25.5 Å². The number of nitrogens with zero attached hydrogens (tertiary/aromatic N) is 1. The fourth-order valence-electron chi connectivity index (χ4n) is 2.54. The third kappa shape index (κ3) is 5.60. The molecule has 1 unspecified atom stereocenters. The van der Waals surface area contributed by atoms with Gasteiger partial charge in [0.1, 0.15) is 5.01 Å². The van der Waals surface area contributed by atoms with Crippen molar-refractivity contribution in [2.24, 2.45) is 0 Å². The van der Waals surface area contributed by atoms with Gasteiger partial charge in [0.15, 0.2) is 0 Å². The first-order chi connectivity index (χ1) is 10.7. The fourth-order valence-corrected chi connectivity index (χ4v) is 3.68. The van der Waals surface area contributed by atoms with Crippen molar-refractivity contribution in [1.29, 1.82) is 0 Å². The summed E-state index contributed by atoms with van der Waals surface area (Å²) in [6.45, 7) is 1.74. The normalized spacial score (nSPS) is 16.1. The van der Waals surface area contributed by atoms with Gasteiger partial charge in [-0.3, -0.25) is 4.79 Å². The highest BCUT2D eigenvalue weighted by Crippen LogP contribution is 2.30. The van der Waals surface area contributed by atoms with Crippen LogP contribution in [-0.4, -0.2) is 30.0 Å². The second-order valence-electron chi connectivity index (χ2n) is 5.40. The Bertz CT molecular complexity index is 660. The summed E-state index contributed by atoms with van der Waals surface area (Å²) in [5.41, 5.74) is 1.70. The van der Waals surface area contributed by atoms with Gasteiger partial charge < -0.3 is 10.6 Å². The molecule has 1 atom stereocenters. The molecule has 1 amide bonds. The molecule has 8 heteroatoms. The third-order valence-corrected chi connectivity index (χ3v) is 4.96. The van der Waals surface area contributed by atoms with Crippen molar-refractivity contribution < 1.29 is 4.79 Å². The zero-order valence-electron chi connectivity index (χ0n) is 13.0. The molecule has 1 saturated heterocycles. The quantitative estimate of drug-likeness (QED) is 0.793. The molecule has 2 aromatic rings. The molecular formula is C16H20Cl3N3OS.